The Morgan fingerprint density at radius 3 is 2.65 bits per heavy atom. The maximum Gasteiger partial charge on any atom is 0.129 e. The highest BCUT2D eigenvalue weighted by Gasteiger charge is 2.17. The van der Waals surface area contributed by atoms with Crippen LogP contribution in [0, 0.1) is 5.82 Å². The molecule has 0 aromatic heterocycles. The minimum Gasteiger partial charge on any atom is -0.379 e. The number of ether oxygens (including phenoxy) is 2. The molecule has 2 unspecified atom stereocenters. The van der Waals surface area contributed by atoms with Gasteiger partial charge in [0.25, 0.3) is 0 Å². The van der Waals surface area contributed by atoms with E-state index in [-0.39, 0.29) is 18.5 Å². The Labute approximate surface area is 102 Å². The topological polar surface area (TPSA) is 44.5 Å². The van der Waals surface area contributed by atoms with Gasteiger partial charge < -0.3 is 15.2 Å². The van der Waals surface area contributed by atoms with Crippen LogP contribution in [0.1, 0.15) is 25.5 Å². The number of hydrogen-bond donors (Lipinski definition) is 1. The minimum atomic E-state index is -0.424. The Hall–Kier alpha value is -0.970. The molecule has 1 rings (SSSR count). The third-order valence-corrected chi connectivity index (χ3v) is 2.42. The summed E-state index contributed by atoms with van der Waals surface area (Å²) >= 11 is 0. The van der Waals surface area contributed by atoms with Crippen LogP contribution in [0.15, 0.2) is 24.3 Å². The molecule has 0 aliphatic carbocycles. The Balaban J connectivity index is 2.62. The average Bonchev–Trinajstić information content (AvgIpc) is 2.34. The molecule has 0 spiro atoms. The molecule has 3 nitrogen and oxygen atoms in total. The summed E-state index contributed by atoms with van der Waals surface area (Å²) in [5.74, 6) is -0.286. The van der Waals surface area contributed by atoms with Crippen molar-refractivity contribution in [1.82, 2.24) is 0 Å². The minimum absolute atomic E-state index is 0.108. The molecule has 0 aliphatic heterocycles. The highest BCUT2D eigenvalue weighted by atomic mass is 19.1. The molecule has 0 saturated carbocycles. The largest absolute Gasteiger partial charge is 0.379 e. The number of halogens is 1. The first kappa shape index (κ1) is 14.1. The van der Waals surface area contributed by atoms with Crippen LogP contribution in [0.25, 0.3) is 0 Å². The molecular formula is C13H20FNO2. The number of benzene rings is 1. The van der Waals surface area contributed by atoms with Gasteiger partial charge in [0.2, 0.25) is 0 Å². The van der Waals surface area contributed by atoms with Gasteiger partial charge in [-0.1, -0.05) is 18.2 Å². The average molecular weight is 241 g/mol. The quantitative estimate of drug-likeness (QED) is 0.796. The first-order valence-electron chi connectivity index (χ1n) is 5.86. The molecule has 0 heterocycles. The SMILES string of the molecule is CCOCC(C)OC(CN)c1ccccc1F. The monoisotopic (exact) mass is 241 g/mol. The second kappa shape index (κ2) is 7.37. The zero-order chi connectivity index (χ0) is 12.7. The van der Waals surface area contributed by atoms with Crippen LogP contribution in [0.3, 0.4) is 0 Å². The van der Waals surface area contributed by atoms with Gasteiger partial charge in [-0.2, -0.15) is 0 Å². The van der Waals surface area contributed by atoms with Crippen LogP contribution in [0.2, 0.25) is 0 Å². The fourth-order valence-electron chi connectivity index (χ4n) is 1.60. The van der Waals surface area contributed by atoms with E-state index in [1.807, 2.05) is 13.8 Å². The molecule has 0 saturated heterocycles. The fraction of sp³-hybridized carbons (Fsp3) is 0.538. The summed E-state index contributed by atoms with van der Waals surface area (Å²) in [4.78, 5) is 0. The van der Waals surface area contributed by atoms with Crippen molar-refractivity contribution in [2.75, 3.05) is 19.8 Å². The van der Waals surface area contributed by atoms with Crippen molar-refractivity contribution in [1.29, 1.82) is 0 Å². The predicted octanol–water partition coefficient (Wildman–Crippen LogP) is 2.27. The molecule has 0 aliphatic rings. The summed E-state index contributed by atoms with van der Waals surface area (Å²) < 4.78 is 24.5. The number of hydrogen-bond acceptors (Lipinski definition) is 3. The van der Waals surface area contributed by atoms with Crippen molar-refractivity contribution in [3.8, 4) is 0 Å². The first-order chi connectivity index (χ1) is 8.19. The van der Waals surface area contributed by atoms with Gasteiger partial charge in [-0.15, -0.1) is 0 Å². The lowest BCUT2D eigenvalue weighted by Gasteiger charge is -2.21. The fourth-order valence-corrected chi connectivity index (χ4v) is 1.60. The summed E-state index contributed by atoms with van der Waals surface area (Å²) in [6.07, 6.45) is -0.533. The lowest BCUT2D eigenvalue weighted by molar-refractivity contribution is -0.0452. The van der Waals surface area contributed by atoms with Gasteiger partial charge in [-0.25, -0.2) is 4.39 Å². The molecule has 17 heavy (non-hydrogen) atoms. The molecular weight excluding hydrogens is 221 g/mol. The zero-order valence-corrected chi connectivity index (χ0v) is 10.4. The van der Waals surface area contributed by atoms with Crippen molar-refractivity contribution in [2.24, 2.45) is 5.73 Å². The van der Waals surface area contributed by atoms with Gasteiger partial charge in [0, 0.05) is 18.7 Å². The summed E-state index contributed by atoms with van der Waals surface area (Å²) in [6, 6.07) is 6.53. The van der Waals surface area contributed by atoms with E-state index in [0.29, 0.717) is 18.8 Å². The van der Waals surface area contributed by atoms with Gasteiger partial charge >= 0.3 is 0 Å². The highest BCUT2D eigenvalue weighted by molar-refractivity contribution is 5.20. The summed E-state index contributed by atoms with van der Waals surface area (Å²) in [7, 11) is 0. The lowest BCUT2D eigenvalue weighted by Crippen LogP contribution is -2.24. The molecule has 0 fully saturated rings. The molecule has 0 amide bonds. The molecule has 0 radical (unpaired) electrons. The van der Waals surface area contributed by atoms with Crippen LogP contribution in [0.5, 0.6) is 0 Å². The Kier molecular flexibility index (Phi) is 6.11. The molecule has 1 aromatic rings. The Morgan fingerprint density at radius 1 is 1.35 bits per heavy atom. The number of rotatable bonds is 7. The van der Waals surface area contributed by atoms with Crippen molar-refractivity contribution in [3.05, 3.63) is 35.6 Å². The smallest absolute Gasteiger partial charge is 0.129 e. The molecule has 2 atom stereocenters. The maximum atomic E-state index is 13.6. The summed E-state index contributed by atoms with van der Waals surface area (Å²) in [5.41, 5.74) is 6.12. The second-order valence-corrected chi connectivity index (χ2v) is 3.85. The molecule has 96 valence electrons. The van der Waals surface area contributed by atoms with Crippen LogP contribution < -0.4 is 5.73 Å². The summed E-state index contributed by atoms with van der Waals surface area (Å²) in [5, 5.41) is 0. The van der Waals surface area contributed by atoms with Crippen molar-refractivity contribution in [3.63, 3.8) is 0 Å². The van der Waals surface area contributed by atoms with Crippen molar-refractivity contribution in [2.45, 2.75) is 26.1 Å². The van der Waals surface area contributed by atoms with E-state index < -0.39 is 6.10 Å². The third-order valence-electron chi connectivity index (χ3n) is 2.42. The Bertz CT molecular complexity index is 333. The van der Waals surface area contributed by atoms with Crippen LogP contribution in [-0.4, -0.2) is 25.9 Å². The highest BCUT2D eigenvalue weighted by Crippen LogP contribution is 2.21. The van der Waals surface area contributed by atoms with Gasteiger partial charge in [0.15, 0.2) is 0 Å². The van der Waals surface area contributed by atoms with Gasteiger partial charge in [0.05, 0.1) is 18.8 Å². The van der Waals surface area contributed by atoms with Crippen molar-refractivity contribution < 1.29 is 13.9 Å². The van der Waals surface area contributed by atoms with E-state index in [2.05, 4.69) is 0 Å². The number of nitrogens with two attached hydrogens (primary N) is 1. The zero-order valence-electron chi connectivity index (χ0n) is 10.4. The standard InChI is InChI=1S/C13H20FNO2/c1-3-16-9-10(2)17-13(8-15)11-6-4-5-7-12(11)14/h4-7,10,13H,3,8-9,15H2,1-2H3. The summed E-state index contributed by atoms with van der Waals surface area (Å²) in [6.45, 7) is 5.18. The van der Waals surface area contributed by atoms with Gasteiger partial charge in [-0.3, -0.25) is 0 Å². The van der Waals surface area contributed by atoms with Crippen LogP contribution in [0.4, 0.5) is 4.39 Å². The molecule has 1 aromatic carbocycles. The second-order valence-electron chi connectivity index (χ2n) is 3.85. The Morgan fingerprint density at radius 2 is 2.06 bits per heavy atom. The van der Waals surface area contributed by atoms with Crippen LogP contribution in [-0.2, 0) is 9.47 Å². The van der Waals surface area contributed by atoms with E-state index in [4.69, 9.17) is 15.2 Å². The van der Waals surface area contributed by atoms with E-state index >= 15 is 0 Å². The van der Waals surface area contributed by atoms with Crippen LogP contribution >= 0.6 is 0 Å². The van der Waals surface area contributed by atoms with Gasteiger partial charge in [0.1, 0.15) is 5.82 Å². The van der Waals surface area contributed by atoms with E-state index in [9.17, 15) is 4.39 Å². The maximum absolute atomic E-state index is 13.6. The van der Waals surface area contributed by atoms with Crippen molar-refractivity contribution >= 4 is 0 Å². The van der Waals surface area contributed by atoms with E-state index in [1.54, 1.807) is 18.2 Å². The molecule has 0 bridgehead atoms. The normalized spacial score (nSPS) is 14.6. The third kappa shape index (κ3) is 4.42. The predicted molar refractivity (Wildman–Crippen MR) is 65.2 cm³/mol. The van der Waals surface area contributed by atoms with E-state index in [1.165, 1.54) is 6.07 Å². The van der Waals surface area contributed by atoms with E-state index in [0.717, 1.165) is 0 Å². The van der Waals surface area contributed by atoms with Gasteiger partial charge in [-0.05, 0) is 19.9 Å². The molecule has 4 heteroatoms. The molecule has 2 N–H and O–H groups in total. The first-order valence-corrected chi connectivity index (χ1v) is 5.86. The lowest BCUT2D eigenvalue weighted by atomic mass is 10.1.